The number of carbonyl (C=O) groups is 1. The number of nitrogens with two attached hydrogens (primary N) is 1. The largest absolute Gasteiger partial charge is 0.494 e. The molecule has 1 saturated heterocycles. The number of ether oxygens (including phenoxy) is 1. The van der Waals surface area contributed by atoms with E-state index in [1.54, 1.807) is 30.0 Å². The summed E-state index contributed by atoms with van der Waals surface area (Å²) in [6.07, 6.45) is 3.03. The average molecular weight is 364 g/mol. The maximum absolute atomic E-state index is 11.3. The second-order valence-corrected chi connectivity index (χ2v) is 6.57. The van der Waals surface area contributed by atoms with Crippen molar-refractivity contribution >= 4 is 17.5 Å². The molecule has 1 aromatic carbocycles. The van der Waals surface area contributed by atoms with Gasteiger partial charge in [0, 0.05) is 10.9 Å². The highest BCUT2D eigenvalue weighted by Gasteiger charge is 2.24. The number of halogens is 1. The number of methoxy groups -OCH3 is 1. The van der Waals surface area contributed by atoms with Crippen LogP contribution in [0.3, 0.4) is 0 Å². The molecule has 0 bridgehead atoms. The van der Waals surface area contributed by atoms with Crippen molar-refractivity contribution in [1.82, 2.24) is 20.1 Å². The SMILES string of the molecule is COc1ccc(Cl)cc1-n1nc(CC(N)=O)nc1[C@@H]1CCCNCC1. The van der Waals surface area contributed by atoms with Gasteiger partial charge in [-0.2, -0.15) is 5.10 Å². The molecule has 0 spiro atoms. The lowest BCUT2D eigenvalue weighted by Gasteiger charge is -2.16. The fourth-order valence-electron chi connectivity index (χ4n) is 3.15. The lowest BCUT2D eigenvalue weighted by molar-refractivity contribution is -0.117. The minimum atomic E-state index is -0.454. The Morgan fingerprint density at radius 2 is 2.28 bits per heavy atom. The first-order valence-corrected chi connectivity index (χ1v) is 8.75. The highest BCUT2D eigenvalue weighted by atomic mass is 35.5. The number of nitrogens with one attached hydrogen (secondary N) is 1. The van der Waals surface area contributed by atoms with Crippen molar-refractivity contribution in [1.29, 1.82) is 0 Å². The molecule has 1 aliphatic heterocycles. The van der Waals surface area contributed by atoms with Gasteiger partial charge in [0.1, 0.15) is 17.3 Å². The topological polar surface area (TPSA) is 95.1 Å². The first-order valence-electron chi connectivity index (χ1n) is 8.37. The number of primary amides is 1. The van der Waals surface area contributed by atoms with Crippen LogP contribution in [0.15, 0.2) is 18.2 Å². The van der Waals surface area contributed by atoms with Crippen molar-refractivity contribution < 1.29 is 9.53 Å². The molecule has 25 heavy (non-hydrogen) atoms. The minimum Gasteiger partial charge on any atom is -0.494 e. The number of nitrogens with zero attached hydrogens (tertiary/aromatic N) is 3. The van der Waals surface area contributed by atoms with Gasteiger partial charge in [0.25, 0.3) is 0 Å². The van der Waals surface area contributed by atoms with Gasteiger partial charge in [-0.15, -0.1) is 0 Å². The summed E-state index contributed by atoms with van der Waals surface area (Å²) in [7, 11) is 1.60. The molecule has 2 heterocycles. The molecular formula is C17H22ClN5O2. The summed E-state index contributed by atoms with van der Waals surface area (Å²) in [5.74, 6) is 1.67. The molecule has 1 fully saturated rings. The van der Waals surface area contributed by atoms with E-state index in [9.17, 15) is 4.79 Å². The van der Waals surface area contributed by atoms with Gasteiger partial charge in [-0.05, 0) is 50.6 Å². The van der Waals surface area contributed by atoms with E-state index in [-0.39, 0.29) is 12.3 Å². The monoisotopic (exact) mass is 363 g/mol. The molecule has 0 saturated carbocycles. The number of amides is 1. The second-order valence-electron chi connectivity index (χ2n) is 6.14. The van der Waals surface area contributed by atoms with Gasteiger partial charge < -0.3 is 15.8 Å². The zero-order valence-corrected chi connectivity index (χ0v) is 14.9. The minimum absolute atomic E-state index is 0.00779. The Bertz CT molecular complexity index is 753. The van der Waals surface area contributed by atoms with Gasteiger partial charge in [0.15, 0.2) is 5.82 Å². The van der Waals surface area contributed by atoms with Crippen LogP contribution in [-0.2, 0) is 11.2 Å². The fourth-order valence-corrected chi connectivity index (χ4v) is 3.31. The summed E-state index contributed by atoms with van der Waals surface area (Å²) in [6.45, 7) is 1.93. The van der Waals surface area contributed by atoms with Crippen LogP contribution in [0.4, 0.5) is 0 Å². The molecule has 1 aliphatic rings. The number of hydrogen-bond acceptors (Lipinski definition) is 5. The summed E-state index contributed by atoms with van der Waals surface area (Å²) >= 11 is 6.18. The summed E-state index contributed by atoms with van der Waals surface area (Å²) in [5.41, 5.74) is 6.04. The van der Waals surface area contributed by atoms with E-state index in [1.165, 1.54) is 0 Å². The Labute approximate surface area is 151 Å². The highest BCUT2D eigenvalue weighted by Crippen LogP contribution is 2.31. The summed E-state index contributed by atoms with van der Waals surface area (Å²) in [5, 5.41) is 8.50. The van der Waals surface area contributed by atoms with Crippen molar-refractivity contribution in [3.63, 3.8) is 0 Å². The standard InChI is InChI=1S/C17H22ClN5O2/c1-25-14-5-4-12(18)9-13(14)23-17(11-3-2-7-20-8-6-11)21-16(22-23)10-15(19)24/h4-5,9,11,20H,2-3,6-8,10H2,1H3,(H2,19,24)/t11-/m1/s1. The predicted molar refractivity (Wildman–Crippen MR) is 95.3 cm³/mol. The molecule has 134 valence electrons. The Morgan fingerprint density at radius 3 is 3.04 bits per heavy atom. The molecule has 1 amide bonds. The quantitative estimate of drug-likeness (QED) is 0.844. The Hall–Kier alpha value is -2.12. The van der Waals surface area contributed by atoms with Gasteiger partial charge in [-0.25, -0.2) is 9.67 Å². The molecule has 8 heteroatoms. The van der Waals surface area contributed by atoms with E-state index >= 15 is 0 Å². The summed E-state index contributed by atoms with van der Waals surface area (Å²) < 4.78 is 7.21. The van der Waals surface area contributed by atoms with Gasteiger partial charge in [0.05, 0.1) is 13.5 Å². The number of benzene rings is 1. The van der Waals surface area contributed by atoms with Gasteiger partial charge in [-0.1, -0.05) is 11.6 Å². The molecule has 2 aromatic rings. The second kappa shape index (κ2) is 7.84. The van der Waals surface area contributed by atoms with Crippen molar-refractivity contribution in [2.24, 2.45) is 5.73 Å². The van der Waals surface area contributed by atoms with Gasteiger partial charge >= 0.3 is 0 Å². The zero-order chi connectivity index (χ0) is 17.8. The van der Waals surface area contributed by atoms with Crippen LogP contribution in [0.25, 0.3) is 5.69 Å². The molecule has 3 rings (SSSR count). The maximum atomic E-state index is 11.3. The first kappa shape index (κ1) is 17.7. The maximum Gasteiger partial charge on any atom is 0.225 e. The Balaban J connectivity index is 2.08. The lowest BCUT2D eigenvalue weighted by atomic mass is 9.99. The third kappa shape index (κ3) is 4.11. The first-order chi connectivity index (χ1) is 12.1. The molecule has 1 atom stereocenters. The van der Waals surface area contributed by atoms with E-state index in [0.717, 1.165) is 38.2 Å². The molecule has 7 nitrogen and oxygen atoms in total. The van der Waals surface area contributed by atoms with Crippen LogP contribution < -0.4 is 15.8 Å². The third-order valence-corrected chi connectivity index (χ3v) is 4.55. The normalized spacial score (nSPS) is 17.9. The van der Waals surface area contributed by atoms with Crippen LogP contribution >= 0.6 is 11.6 Å². The smallest absolute Gasteiger partial charge is 0.225 e. The average Bonchev–Trinajstić information content (AvgIpc) is 2.80. The van der Waals surface area contributed by atoms with Gasteiger partial charge in [0.2, 0.25) is 5.91 Å². The van der Waals surface area contributed by atoms with Crippen molar-refractivity contribution in [3.05, 3.63) is 34.9 Å². The van der Waals surface area contributed by atoms with Crippen molar-refractivity contribution in [2.75, 3.05) is 20.2 Å². The fraction of sp³-hybridized carbons (Fsp3) is 0.471. The molecule has 0 aliphatic carbocycles. The van der Waals surface area contributed by atoms with E-state index in [0.29, 0.717) is 22.3 Å². The number of rotatable bonds is 5. The number of hydrogen-bond donors (Lipinski definition) is 2. The molecule has 0 radical (unpaired) electrons. The molecule has 1 aromatic heterocycles. The summed E-state index contributed by atoms with van der Waals surface area (Å²) in [6, 6.07) is 5.35. The highest BCUT2D eigenvalue weighted by molar-refractivity contribution is 6.30. The Morgan fingerprint density at radius 1 is 1.44 bits per heavy atom. The number of carbonyl (C=O) groups excluding carboxylic acids is 1. The van der Waals surface area contributed by atoms with Crippen molar-refractivity contribution in [3.8, 4) is 11.4 Å². The van der Waals surface area contributed by atoms with Gasteiger partial charge in [-0.3, -0.25) is 4.79 Å². The van der Waals surface area contributed by atoms with Crippen LogP contribution in [0.5, 0.6) is 5.75 Å². The predicted octanol–water partition coefficient (Wildman–Crippen LogP) is 1.81. The van der Waals surface area contributed by atoms with E-state index < -0.39 is 5.91 Å². The van der Waals surface area contributed by atoms with Crippen molar-refractivity contribution in [2.45, 2.75) is 31.6 Å². The van der Waals surface area contributed by atoms with E-state index in [1.807, 2.05) is 0 Å². The summed E-state index contributed by atoms with van der Waals surface area (Å²) in [4.78, 5) is 15.9. The van der Waals surface area contributed by atoms with Crippen LogP contribution in [0.1, 0.15) is 36.8 Å². The van der Waals surface area contributed by atoms with Crippen LogP contribution in [0, 0.1) is 0 Å². The molecule has 3 N–H and O–H groups in total. The van der Waals surface area contributed by atoms with Crippen LogP contribution in [-0.4, -0.2) is 40.9 Å². The van der Waals surface area contributed by atoms with E-state index in [2.05, 4.69) is 15.4 Å². The lowest BCUT2D eigenvalue weighted by Crippen LogP contribution is -2.15. The molecule has 0 unspecified atom stereocenters. The Kier molecular flexibility index (Phi) is 5.55. The number of aromatic nitrogens is 3. The third-order valence-electron chi connectivity index (χ3n) is 4.32. The van der Waals surface area contributed by atoms with E-state index in [4.69, 9.17) is 22.1 Å². The molecular weight excluding hydrogens is 342 g/mol. The van der Waals surface area contributed by atoms with Crippen LogP contribution in [0.2, 0.25) is 5.02 Å². The zero-order valence-electron chi connectivity index (χ0n) is 14.2.